The first-order valence-corrected chi connectivity index (χ1v) is 8.58. The highest BCUT2D eigenvalue weighted by atomic mass is 35.5. The lowest BCUT2D eigenvalue weighted by molar-refractivity contribution is -0.120. The molecule has 1 unspecified atom stereocenters. The van der Waals surface area contributed by atoms with E-state index in [1.807, 2.05) is 32.1 Å². The lowest BCUT2D eigenvalue weighted by atomic mass is 9.98. The molecule has 2 amide bonds. The van der Waals surface area contributed by atoms with Crippen LogP contribution in [0.25, 0.3) is 6.08 Å². The van der Waals surface area contributed by atoms with Gasteiger partial charge in [-0.15, -0.1) is 0 Å². The lowest BCUT2D eigenvalue weighted by Crippen LogP contribution is -2.37. The van der Waals surface area contributed by atoms with Crippen LogP contribution in [0.15, 0.2) is 41.4 Å². The van der Waals surface area contributed by atoms with Crippen LogP contribution in [0.5, 0.6) is 0 Å². The topological polar surface area (TPSA) is 58.5 Å². The lowest BCUT2D eigenvalue weighted by Gasteiger charge is -2.14. The smallest absolute Gasteiger partial charge is 0.253 e. The first-order chi connectivity index (χ1) is 12.0. The zero-order valence-electron chi connectivity index (χ0n) is 14.2. The molecule has 1 aliphatic rings. The van der Waals surface area contributed by atoms with Gasteiger partial charge in [0.15, 0.2) is 0 Å². The van der Waals surface area contributed by atoms with E-state index in [2.05, 4.69) is 10.3 Å². The Labute approximate surface area is 151 Å². The van der Waals surface area contributed by atoms with Crippen LogP contribution in [0.4, 0.5) is 0 Å². The van der Waals surface area contributed by atoms with E-state index in [9.17, 15) is 9.59 Å². The number of hydrogen-bond acceptors (Lipinski definition) is 2. The van der Waals surface area contributed by atoms with Crippen LogP contribution in [0.1, 0.15) is 27.9 Å². The van der Waals surface area contributed by atoms with E-state index < -0.39 is 0 Å². The normalized spacial score (nSPS) is 15.8. The minimum atomic E-state index is -0.305. The summed E-state index contributed by atoms with van der Waals surface area (Å²) in [5.41, 5.74) is 2.71. The van der Waals surface area contributed by atoms with Gasteiger partial charge in [-0.05, 0) is 60.9 Å². The van der Waals surface area contributed by atoms with Crippen LogP contribution in [-0.4, -0.2) is 18.4 Å². The summed E-state index contributed by atoms with van der Waals surface area (Å²) in [6.45, 7) is 4.39. The monoisotopic (exact) mass is 354 g/mol. The van der Waals surface area contributed by atoms with Crippen molar-refractivity contribution in [2.45, 2.75) is 20.3 Å². The Hall–Kier alpha value is -2.46. The zero-order valence-corrected chi connectivity index (χ0v) is 14.9. The van der Waals surface area contributed by atoms with Crippen LogP contribution in [0.2, 0.25) is 5.02 Å². The van der Waals surface area contributed by atoms with Gasteiger partial charge in [0.2, 0.25) is 0 Å². The average molecular weight is 355 g/mol. The number of hydrogen-bond donors (Lipinski definition) is 1. The van der Waals surface area contributed by atoms with Gasteiger partial charge >= 0.3 is 0 Å². The van der Waals surface area contributed by atoms with E-state index in [-0.39, 0.29) is 17.7 Å². The molecule has 0 saturated carbocycles. The SMILES string of the molecule is Cc1ccc2c(c1C)=NC(=O)C(CCNC(=O)c1ccc(Cl)cc1)C=2. The van der Waals surface area contributed by atoms with E-state index in [0.29, 0.717) is 23.6 Å². The molecule has 2 aromatic rings. The van der Waals surface area contributed by atoms with Crippen molar-refractivity contribution >= 4 is 29.5 Å². The minimum absolute atomic E-state index is 0.151. The fourth-order valence-electron chi connectivity index (χ4n) is 2.84. The van der Waals surface area contributed by atoms with E-state index in [4.69, 9.17) is 11.6 Å². The Morgan fingerprint density at radius 2 is 1.88 bits per heavy atom. The molecule has 0 spiro atoms. The number of rotatable bonds is 4. The van der Waals surface area contributed by atoms with Crippen LogP contribution < -0.4 is 15.9 Å². The Morgan fingerprint density at radius 3 is 2.60 bits per heavy atom. The summed E-state index contributed by atoms with van der Waals surface area (Å²) in [5.74, 6) is -0.634. The fraction of sp³-hybridized carbons (Fsp3) is 0.250. The molecule has 0 aromatic heterocycles. The number of carbonyl (C=O) groups is 2. The highest BCUT2D eigenvalue weighted by Crippen LogP contribution is 2.11. The molecule has 2 aromatic carbocycles. The molecular formula is C20H19ClN2O2. The third kappa shape index (κ3) is 3.80. The Balaban J connectivity index is 1.66. The van der Waals surface area contributed by atoms with Crippen molar-refractivity contribution in [3.05, 3.63) is 68.7 Å². The van der Waals surface area contributed by atoms with Crippen LogP contribution >= 0.6 is 11.6 Å². The molecule has 5 heteroatoms. The summed E-state index contributed by atoms with van der Waals surface area (Å²) in [5, 5.41) is 5.18. The van der Waals surface area contributed by atoms with Gasteiger partial charge in [0, 0.05) is 17.1 Å². The van der Waals surface area contributed by atoms with E-state index >= 15 is 0 Å². The largest absolute Gasteiger partial charge is 0.352 e. The molecule has 1 heterocycles. The first kappa shape index (κ1) is 17.4. The summed E-state index contributed by atoms with van der Waals surface area (Å²) in [6, 6.07) is 10.7. The number of nitrogens with one attached hydrogen (secondary N) is 1. The number of aryl methyl sites for hydroxylation is 1. The molecule has 0 saturated heterocycles. The van der Waals surface area contributed by atoms with Crippen molar-refractivity contribution in [3.8, 4) is 0 Å². The first-order valence-electron chi connectivity index (χ1n) is 8.20. The molecule has 0 bridgehead atoms. The molecule has 1 atom stereocenters. The summed E-state index contributed by atoms with van der Waals surface area (Å²) in [6.07, 6.45) is 2.47. The maximum Gasteiger partial charge on any atom is 0.253 e. The Morgan fingerprint density at radius 1 is 1.16 bits per heavy atom. The molecule has 3 rings (SSSR count). The van der Waals surface area contributed by atoms with Gasteiger partial charge in [-0.25, -0.2) is 4.99 Å². The summed E-state index contributed by atoms with van der Waals surface area (Å²) >= 11 is 5.82. The predicted molar refractivity (Wildman–Crippen MR) is 98.1 cm³/mol. The van der Waals surface area contributed by atoms with Crippen LogP contribution in [0.3, 0.4) is 0 Å². The second-order valence-electron chi connectivity index (χ2n) is 6.22. The maximum absolute atomic E-state index is 12.3. The summed E-state index contributed by atoms with van der Waals surface area (Å²) < 4.78 is 0. The number of carbonyl (C=O) groups excluding carboxylic acids is 2. The third-order valence-electron chi connectivity index (χ3n) is 4.50. The van der Waals surface area contributed by atoms with E-state index in [1.54, 1.807) is 24.3 Å². The van der Waals surface area contributed by atoms with Gasteiger partial charge in [-0.1, -0.05) is 29.8 Å². The molecule has 25 heavy (non-hydrogen) atoms. The van der Waals surface area contributed by atoms with Gasteiger partial charge in [-0.2, -0.15) is 0 Å². The molecule has 0 aliphatic carbocycles. The number of benzene rings is 2. The van der Waals surface area contributed by atoms with E-state index in [0.717, 1.165) is 21.7 Å². The Kier molecular flexibility index (Phi) is 5.00. The fourth-order valence-corrected chi connectivity index (χ4v) is 2.96. The second-order valence-corrected chi connectivity index (χ2v) is 6.66. The highest BCUT2D eigenvalue weighted by molar-refractivity contribution is 6.30. The molecule has 1 aliphatic heterocycles. The van der Waals surface area contributed by atoms with Crippen molar-refractivity contribution in [1.82, 2.24) is 5.32 Å². The average Bonchev–Trinajstić information content (AvgIpc) is 2.60. The third-order valence-corrected chi connectivity index (χ3v) is 4.75. The summed E-state index contributed by atoms with van der Waals surface area (Å²) in [7, 11) is 0. The van der Waals surface area contributed by atoms with Crippen molar-refractivity contribution in [2.24, 2.45) is 10.9 Å². The Bertz CT molecular complexity index is 949. The van der Waals surface area contributed by atoms with E-state index in [1.165, 1.54) is 0 Å². The molecule has 4 nitrogen and oxygen atoms in total. The molecule has 0 fully saturated rings. The van der Waals surface area contributed by atoms with Crippen LogP contribution in [0, 0.1) is 19.8 Å². The molecule has 128 valence electrons. The minimum Gasteiger partial charge on any atom is -0.352 e. The van der Waals surface area contributed by atoms with Crippen molar-refractivity contribution < 1.29 is 9.59 Å². The quantitative estimate of drug-likeness (QED) is 0.916. The molecule has 1 N–H and O–H groups in total. The predicted octanol–water partition coefficient (Wildman–Crippen LogP) is 2.33. The van der Waals surface area contributed by atoms with Gasteiger partial charge in [0.1, 0.15) is 0 Å². The van der Waals surface area contributed by atoms with Gasteiger partial charge in [0.05, 0.1) is 11.3 Å². The van der Waals surface area contributed by atoms with Gasteiger partial charge in [-0.3, -0.25) is 9.59 Å². The van der Waals surface area contributed by atoms with Crippen molar-refractivity contribution in [1.29, 1.82) is 0 Å². The zero-order chi connectivity index (χ0) is 18.0. The van der Waals surface area contributed by atoms with Crippen LogP contribution in [-0.2, 0) is 4.79 Å². The maximum atomic E-state index is 12.3. The van der Waals surface area contributed by atoms with Gasteiger partial charge < -0.3 is 5.32 Å². The number of nitrogens with zero attached hydrogens (tertiary/aromatic N) is 1. The molecule has 0 radical (unpaired) electrons. The summed E-state index contributed by atoms with van der Waals surface area (Å²) in [4.78, 5) is 28.6. The van der Waals surface area contributed by atoms with Crippen molar-refractivity contribution in [2.75, 3.05) is 6.54 Å². The second kappa shape index (κ2) is 7.19. The number of fused-ring (bicyclic) bond motifs is 1. The standard InChI is InChI=1S/C20H19ClN2O2/c1-12-3-4-15-11-16(20(25)23-18(15)13(12)2)9-10-22-19(24)14-5-7-17(21)8-6-14/h3-8,11,16H,9-10H2,1-2H3,(H,22,24). The number of amides is 2. The van der Waals surface area contributed by atoms with Crippen molar-refractivity contribution in [3.63, 3.8) is 0 Å². The molecular weight excluding hydrogens is 336 g/mol. The highest BCUT2D eigenvalue weighted by Gasteiger charge is 2.19. The number of halogens is 1. The van der Waals surface area contributed by atoms with Gasteiger partial charge in [0.25, 0.3) is 11.8 Å².